The van der Waals surface area contributed by atoms with Crippen LogP contribution < -0.4 is 5.73 Å². The lowest BCUT2D eigenvalue weighted by Gasteiger charge is -2.40. The fraction of sp³-hybridized carbons (Fsp3) is 0.571. The molecule has 4 nitrogen and oxygen atoms in total. The second kappa shape index (κ2) is 6.01. The molecule has 1 amide bonds. The minimum Gasteiger partial charge on any atom is -0.334 e. The zero-order valence-electron chi connectivity index (χ0n) is 11.3. The van der Waals surface area contributed by atoms with Crippen LogP contribution >= 0.6 is 15.9 Å². The van der Waals surface area contributed by atoms with E-state index in [1.807, 2.05) is 11.0 Å². The average molecular weight is 326 g/mol. The van der Waals surface area contributed by atoms with E-state index >= 15 is 0 Å². The third-order valence-electron chi connectivity index (χ3n) is 3.38. The van der Waals surface area contributed by atoms with Gasteiger partial charge in [0.25, 0.3) is 0 Å². The molecule has 1 fully saturated rings. The van der Waals surface area contributed by atoms with E-state index in [1.54, 1.807) is 12.4 Å². The first-order valence-corrected chi connectivity index (χ1v) is 7.44. The van der Waals surface area contributed by atoms with Crippen molar-refractivity contribution >= 4 is 21.8 Å². The van der Waals surface area contributed by atoms with Crippen LogP contribution in [0.4, 0.5) is 0 Å². The van der Waals surface area contributed by atoms with E-state index in [9.17, 15) is 4.79 Å². The Morgan fingerprint density at radius 3 is 2.89 bits per heavy atom. The highest BCUT2D eigenvalue weighted by Gasteiger charge is 2.35. The fourth-order valence-electron chi connectivity index (χ4n) is 2.60. The molecule has 1 aliphatic heterocycles. The van der Waals surface area contributed by atoms with Gasteiger partial charge in [-0.2, -0.15) is 0 Å². The zero-order chi connectivity index (χ0) is 14.0. The van der Waals surface area contributed by atoms with Crippen LogP contribution in [0.3, 0.4) is 0 Å². The summed E-state index contributed by atoms with van der Waals surface area (Å²) in [5.41, 5.74) is 7.26. The molecule has 104 valence electrons. The van der Waals surface area contributed by atoms with Crippen molar-refractivity contribution in [2.75, 3.05) is 6.54 Å². The molecule has 1 aromatic heterocycles. The van der Waals surface area contributed by atoms with E-state index in [0.29, 0.717) is 12.3 Å². The SMILES string of the molecule is CC(C)CN1C(=O)CCC(N)C1c1cncc(Br)c1. The molecule has 2 heterocycles. The monoisotopic (exact) mass is 325 g/mol. The van der Waals surface area contributed by atoms with Crippen molar-refractivity contribution in [3.63, 3.8) is 0 Å². The third-order valence-corrected chi connectivity index (χ3v) is 3.82. The Morgan fingerprint density at radius 1 is 1.53 bits per heavy atom. The molecule has 2 rings (SSSR count). The number of rotatable bonds is 3. The van der Waals surface area contributed by atoms with E-state index in [-0.39, 0.29) is 18.0 Å². The van der Waals surface area contributed by atoms with Crippen molar-refractivity contribution < 1.29 is 4.79 Å². The lowest BCUT2D eigenvalue weighted by atomic mass is 9.90. The topological polar surface area (TPSA) is 59.2 Å². The van der Waals surface area contributed by atoms with Crippen LogP contribution in [0, 0.1) is 5.92 Å². The fourth-order valence-corrected chi connectivity index (χ4v) is 2.99. The first-order valence-electron chi connectivity index (χ1n) is 6.64. The summed E-state index contributed by atoms with van der Waals surface area (Å²) in [4.78, 5) is 18.3. The highest BCUT2D eigenvalue weighted by Crippen LogP contribution is 2.32. The lowest BCUT2D eigenvalue weighted by Crippen LogP contribution is -2.50. The van der Waals surface area contributed by atoms with Gasteiger partial charge in [-0.3, -0.25) is 9.78 Å². The van der Waals surface area contributed by atoms with E-state index in [4.69, 9.17) is 5.73 Å². The van der Waals surface area contributed by atoms with Gasteiger partial charge >= 0.3 is 0 Å². The van der Waals surface area contributed by atoms with E-state index in [0.717, 1.165) is 23.0 Å². The molecule has 2 atom stereocenters. The van der Waals surface area contributed by atoms with Crippen molar-refractivity contribution in [1.29, 1.82) is 0 Å². The van der Waals surface area contributed by atoms with Gasteiger partial charge in [0.15, 0.2) is 0 Å². The summed E-state index contributed by atoms with van der Waals surface area (Å²) >= 11 is 3.43. The van der Waals surface area contributed by atoms with Crippen molar-refractivity contribution in [2.45, 2.75) is 38.8 Å². The minimum atomic E-state index is -0.0614. The predicted octanol–water partition coefficient (Wildman–Crippen LogP) is 2.49. The summed E-state index contributed by atoms with van der Waals surface area (Å²) in [5, 5.41) is 0. The zero-order valence-corrected chi connectivity index (χ0v) is 12.9. The maximum atomic E-state index is 12.2. The summed E-state index contributed by atoms with van der Waals surface area (Å²) in [7, 11) is 0. The quantitative estimate of drug-likeness (QED) is 0.928. The summed E-state index contributed by atoms with van der Waals surface area (Å²) in [6.07, 6.45) is 4.84. The number of nitrogens with zero attached hydrogens (tertiary/aromatic N) is 2. The van der Waals surface area contributed by atoms with Crippen LogP contribution in [0.2, 0.25) is 0 Å². The second-order valence-corrected chi connectivity index (χ2v) is 6.44. The van der Waals surface area contributed by atoms with Gasteiger partial charge in [-0.1, -0.05) is 13.8 Å². The highest BCUT2D eigenvalue weighted by atomic mass is 79.9. The number of hydrogen-bond acceptors (Lipinski definition) is 3. The number of carbonyl (C=O) groups is 1. The van der Waals surface area contributed by atoms with Crippen molar-refractivity contribution in [2.24, 2.45) is 11.7 Å². The smallest absolute Gasteiger partial charge is 0.223 e. The molecule has 5 heteroatoms. The van der Waals surface area contributed by atoms with Crippen LogP contribution in [0.15, 0.2) is 22.9 Å². The molecule has 0 aliphatic carbocycles. The number of amides is 1. The number of likely N-dealkylation sites (tertiary alicyclic amines) is 1. The Hall–Kier alpha value is -0.940. The Labute approximate surface area is 122 Å². The molecule has 1 aliphatic rings. The molecule has 2 unspecified atom stereocenters. The summed E-state index contributed by atoms with van der Waals surface area (Å²) in [6.45, 7) is 4.97. The summed E-state index contributed by atoms with van der Waals surface area (Å²) in [5.74, 6) is 0.622. The standard InChI is InChI=1S/C14H20BrN3O/c1-9(2)8-18-13(19)4-3-12(16)14(18)10-5-11(15)7-17-6-10/h5-7,9,12,14H,3-4,8,16H2,1-2H3. The van der Waals surface area contributed by atoms with E-state index in [1.165, 1.54) is 0 Å². The van der Waals surface area contributed by atoms with Gasteiger partial charge in [-0.05, 0) is 39.9 Å². The Kier molecular flexibility index (Phi) is 4.58. The van der Waals surface area contributed by atoms with E-state index in [2.05, 4.69) is 34.8 Å². The minimum absolute atomic E-state index is 0.0208. The lowest BCUT2D eigenvalue weighted by molar-refractivity contribution is -0.138. The molecule has 1 saturated heterocycles. The number of nitrogens with two attached hydrogens (primary N) is 1. The van der Waals surface area contributed by atoms with Crippen molar-refractivity contribution in [3.8, 4) is 0 Å². The Bertz CT molecular complexity index is 464. The van der Waals surface area contributed by atoms with Crippen LogP contribution in [0.25, 0.3) is 0 Å². The number of pyridine rings is 1. The van der Waals surface area contributed by atoms with Gasteiger partial charge in [0.2, 0.25) is 5.91 Å². The van der Waals surface area contributed by atoms with Gasteiger partial charge in [0, 0.05) is 35.9 Å². The van der Waals surface area contributed by atoms with Gasteiger partial charge in [0.05, 0.1) is 6.04 Å². The van der Waals surface area contributed by atoms with Crippen LogP contribution in [-0.4, -0.2) is 28.4 Å². The molecular formula is C14H20BrN3O. The predicted molar refractivity (Wildman–Crippen MR) is 78.4 cm³/mol. The number of aromatic nitrogens is 1. The molecule has 1 aromatic rings. The van der Waals surface area contributed by atoms with Crippen LogP contribution in [-0.2, 0) is 4.79 Å². The number of hydrogen-bond donors (Lipinski definition) is 1. The maximum absolute atomic E-state index is 12.2. The van der Waals surface area contributed by atoms with Gasteiger partial charge in [-0.25, -0.2) is 0 Å². The molecule has 0 aromatic carbocycles. The van der Waals surface area contributed by atoms with Crippen molar-refractivity contribution in [1.82, 2.24) is 9.88 Å². The largest absolute Gasteiger partial charge is 0.334 e. The normalized spacial score (nSPS) is 24.1. The van der Waals surface area contributed by atoms with Crippen LogP contribution in [0.1, 0.15) is 38.3 Å². The van der Waals surface area contributed by atoms with Gasteiger partial charge in [0.1, 0.15) is 0 Å². The maximum Gasteiger partial charge on any atom is 0.223 e. The third kappa shape index (κ3) is 3.34. The van der Waals surface area contributed by atoms with Crippen molar-refractivity contribution in [3.05, 3.63) is 28.5 Å². The summed E-state index contributed by atoms with van der Waals surface area (Å²) in [6, 6.07) is 1.92. The Morgan fingerprint density at radius 2 is 2.26 bits per heavy atom. The molecular weight excluding hydrogens is 306 g/mol. The first kappa shape index (κ1) is 14.5. The highest BCUT2D eigenvalue weighted by molar-refractivity contribution is 9.10. The van der Waals surface area contributed by atoms with E-state index < -0.39 is 0 Å². The molecule has 0 bridgehead atoms. The molecule has 0 spiro atoms. The number of piperidine rings is 1. The molecule has 0 saturated carbocycles. The average Bonchev–Trinajstić information content (AvgIpc) is 2.33. The molecule has 0 radical (unpaired) electrons. The second-order valence-electron chi connectivity index (χ2n) is 5.52. The number of halogens is 1. The first-order chi connectivity index (χ1) is 8.99. The summed E-state index contributed by atoms with van der Waals surface area (Å²) < 4.78 is 0.916. The van der Waals surface area contributed by atoms with Gasteiger partial charge in [-0.15, -0.1) is 0 Å². The van der Waals surface area contributed by atoms with Gasteiger partial charge < -0.3 is 10.6 Å². The molecule has 2 N–H and O–H groups in total. The Balaban J connectivity index is 2.33. The number of carbonyl (C=O) groups excluding carboxylic acids is 1. The van der Waals surface area contributed by atoms with Crippen LogP contribution in [0.5, 0.6) is 0 Å². The molecule has 19 heavy (non-hydrogen) atoms.